The second kappa shape index (κ2) is 7.14. The van der Waals surface area contributed by atoms with E-state index in [1.807, 2.05) is 32.0 Å². The normalized spacial score (nSPS) is 18.8. The number of ether oxygens (including phenoxy) is 1. The minimum Gasteiger partial charge on any atom is -0.493 e. The summed E-state index contributed by atoms with van der Waals surface area (Å²) in [4.78, 5) is 12.0. The Kier molecular flexibility index (Phi) is 5.46. The van der Waals surface area contributed by atoms with Crippen LogP contribution in [0, 0.1) is 11.8 Å². The first-order valence-electron chi connectivity index (χ1n) is 8.13. The maximum atomic E-state index is 12.0. The van der Waals surface area contributed by atoms with E-state index in [1.54, 1.807) is 0 Å². The Morgan fingerprint density at radius 2 is 2.09 bits per heavy atom. The lowest BCUT2D eigenvalue weighted by atomic mass is 9.93. The zero-order valence-electron chi connectivity index (χ0n) is 13.9. The number of aliphatic hydroxyl groups is 1. The minimum atomic E-state index is -0.478. The molecule has 0 bridgehead atoms. The molecule has 1 amide bonds. The summed E-state index contributed by atoms with van der Waals surface area (Å²) in [6.45, 7) is 8.56. The molecule has 1 aromatic rings. The van der Waals surface area contributed by atoms with E-state index >= 15 is 0 Å². The fraction of sp³-hybridized carbons (Fsp3) is 0.611. The Morgan fingerprint density at radius 3 is 2.73 bits per heavy atom. The summed E-state index contributed by atoms with van der Waals surface area (Å²) in [6.07, 6.45) is 1.01. The van der Waals surface area contributed by atoms with Crippen LogP contribution in [0.1, 0.15) is 63.8 Å². The van der Waals surface area contributed by atoms with Crippen LogP contribution < -0.4 is 10.1 Å². The molecule has 4 nitrogen and oxygen atoms in total. The van der Waals surface area contributed by atoms with Crippen molar-refractivity contribution in [2.24, 2.45) is 11.8 Å². The molecule has 1 aliphatic heterocycles. The number of amides is 1. The lowest BCUT2D eigenvalue weighted by Gasteiger charge is -2.28. The van der Waals surface area contributed by atoms with Crippen molar-refractivity contribution in [1.29, 1.82) is 0 Å². The van der Waals surface area contributed by atoms with Gasteiger partial charge in [0, 0.05) is 17.9 Å². The first-order valence-corrected chi connectivity index (χ1v) is 8.13. The first kappa shape index (κ1) is 16.8. The van der Waals surface area contributed by atoms with Gasteiger partial charge in [0.05, 0.1) is 18.8 Å². The van der Waals surface area contributed by atoms with E-state index in [9.17, 15) is 9.90 Å². The molecule has 2 N–H and O–H groups in total. The van der Waals surface area contributed by atoms with Gasteiger partial charge in [-0.15, -0.1) is 0 Å². The van der Waals surface area contributed by atoms with Gasteiger partial charge in [-0.3, -0.25) is 4.79 Å². The van der Waals surface area contributed by atoms with Gasteiger partial charge in [-0.1, -0.05) is 33.8 Å². The van der Waals surface area contributed by atoms with Crippen LogP contribution in [-0.2, 0) is 4.79 Å². The van der Waals surface area contributed by atoms with Gasteiger partial charge < -0.3 is 15.2 Å². The fourth-order valence-corrected chi connectivity index (χ4v) is 2.69. The zero-order chi connectivity index (χ0) is 16.3. The van der Waals surface area contributed by atoms with Crippen molar-refractivity contribution in [2.45, 2.75) is 52.7 Å². The molecule has 1 aromatic carbocycles. The summed E-state index contributed by atoms with van der Waals surface area (Å²) >= 11 is 0. The van der Waals surface area contributed by atoms with E-state index in [2.05, 4.69) is 19.2 Å². The molecule has 4 heteroatoms. The van der Waals surface area contributed by atoms with Gasteiger partial charge in [0.1, 0.15) is 5.75 Å². The van der Waals surface area contributed by atoms with Crippen molar-refractivity contribution in [2.75, 3.05) is 6.61 Å². The van der Waals surface area contributed by atoms with E-state index in [-0.39, 0.29) is 17.9 Å². The summed E-state index contributed by atoms with van der Waals surface area (Å²) < 4.78 is 5.68. The molecule has 2 atom stereocenters. The number of hydrogen-bond donors (Lipinski definition) is 2. The third-order valence-electron chi connectivity index (χ3n) is 3.99. The van der Waals surface area contributed by atoms with Crippen molar-refractivity contribution in [1.82, 2.24) is 5.32 Å². The highest BCUT2D eigenvalue weighted by molar-refractivity contribution is 5.78. The van der Waals surface area contributed by atoms with Gasteiger partial charge in [0.25, 0.3) is 0 Å². The van der Waals surface area contributed by atoms with Crippen LogP contribution in [0.25, 0.3) is 0 Å². The van der Waals surface area contributed by atoms with Crippen molar-refractivity contribution >= 4 is 5.91 Å². The summed E-state index contributed by atoms with van der Waals surface area (Å²) in [5, 5.41) is 13.4. The Morgan fingerprint density at radius 1 is 1.36 bits per heavy atom. The van der Waals surface area contributed by atoms with E-state index in [4.69, 9.17) is 4.74 Å². The van der Waals surface area contributed by atoms with Gasteiger partial charge >= 0.3 is 0 Å². The van der Waals surface area contributed by atoms with Gasteiger partial charge in [-0.25, -0.2) is 0 Å². The number of carbonyl (C=O) groups is 1. The molecule has 2 rings (SSSR count). The van der Waals surface area contributed by atoms with Crippen molar-refractivity contribution < 1.29 is 14.6 Å². The second-order valence-electron chi connectivity index (χ2n) is 6.80. The van der Waals surface area contributed by atoms with E-state index in [1.165, 1.54) is 0 Å². The molecule has 2 unspecified atom stereocenters. The van der Waals surface area contributed by atoms with Crippen LogP contribution in [-0.4, -0.2) is 17.6 Å². The Labute approximate surface area is 132 Å². The standard InChI is InChI=1S/C18H27NO3/c1-11(2)9-16(20)13-5-6-17-14(10-13)15(7-8-22-17)19-18(21)12(3)4/h5-6,10-12,15-16,20H,7-9H2,1-4H3,(H,19,21). The molecular weight excluding hydrogens is 278 g/mol. The number of aliphatic hydroxyl groups excluding tert-OH is 1. The molecule has 1 aliphatic rings. The molecule has 1 heterocycles. The molecule has 0 saturated heterocycles. The lowest BCUT2D eigenvalue weighted by Crippen LogP contribution is -2.34. The molecule has 0 saturated carbocycles. The van der Waals surface area contributed by atoms with Crippen LogP contribution in [0.2, 0.25) is 0 Å². The van der Waals surface area contributed by atoms with E-state index in [0.29, 0.717) is 12.5 Å². The van der Waals surface area contributed by atoms with Crippen LogP contribution >= 0.6 is 0 Å². The van der Waals surface area contributed by atoms with Gasteiger partial charge in [0.2, 0.25) is 5.91 Å². The van der Waals surface area contributed by atoms with Crippen molar-refractivity contribution in [3.8, 4) is 5.75 Å². The summed E-state index contributed by atoms with van der Waals surface area (Å²) in [5.74, 6) is 1.24. The lowest BCUT2D eigenvalue weighted by molar-refractivity contribution is -0.124. The highest BCUT2D eigenvalue weighted by Gasteiger charge is 2.25. The van der Waals surface area contributed by atoms with Crippen LogP contribution in [0.4, 0.5) is 0 Å². The van der Waals surface area contributed by atoms with Crippen LogP contribution in [0.5, 0.6) is 5.75 Å². The average Bonchev–Trinajstić information content (AvgIpc) is 2.46. The van der Waals surface area contributed by atoms with Crippen LogP contribution in [0.3, 0.4) is 0 Å². The predicted octanol–water partition coefficient (Wildman–Crippen LogP) is 3.36. The number of hydrogen-bond acceptors (Lipinski definition) is 3. The SMILES string of the molecule is CC(C)CC(O)c1ccc2c(c1)C(NC(=O)C(C)C)CCO2. The van der Waals surface area contributed by atoms with Crippen molar-refractivity contribution in [3.05, 3.63) is 29.3 Å². The predicted molar refractivity (Wildman–Crippen MR) is 86.7 cm³/mol. The highest BCUT2D eigenvalue weighted by Crippen LogP contribution is 2.35. The van der Waals surface area contributed by atoms with Gasteiger partial charge in [-0.05, 0) is 30.0 Å². The van der Waals surface area contributed by atoms with Gasteiger partial charge in [0.15, 0.2) is 0 Å². The summed E-state index contributed by atoms with van der Waals surface area (Å²) in [6, 6.07) is 5.76. The maximum Gasteiger partial charge on any atom is 0.223 e. The molecular formula is C18H27NO3. The zero-order valence-corrected chi connectivity index (χ0v) is 13.9. The average molecular weight is 305 g/mol. The number of nitrogens with one attached hydrogen (secondary N) is 1. The quantitative estimate of drug-likeness (QED) is 0.877. The minimum absolute atomic E-state index is 0.0372. The summed E-state index contributed by atoms with van der Waals surface area (Å²) in [5.41, 5.74) is 1.86. The monoisotopic (exact) mass is 305 g/mol. The molecule has 0 aliphatic carbocycles. The Hall–Kier alpha value is -1.55. The molecule has 0 fully saturated rings. The summed E-state index contributed by atoms with van der Waals surface area (Å²) in [7, 11) is 0. The van der Waals surface area contributed by atoms with E-state index < -0.39 is 6.10 Å². The third-order valence-corrected chi connectivity index (χ3v) is 3.99. The van der Waals surface area contributed by atoms with Crippen LogP contribution in [0.15, 0.2) is 18.2 Å². The third kappa shape index (κ3) is 4.01. The highest BCUT2D eigenvalue weighted by atomic mass is 16.5. The van der Waals surface area contributed by atoms with E-state index in [0.717, 1.165) is 29.7 Å². The number of fused-ring (bicyclic) bond motifs is 1. The molecule has 0 aromatic heterocycles. The maximum absolute atomic E-state index is 12.0. The largest absolute Gasteiger partial charge is 0.493 e. The van der Waals surface area contributed by atoms with Gasteiger partial charge in [-0.2, -0.15) is 0 Å². The molecule has 122 valence electrons. The fourth-order valence-electron chi connectivity index (χ4n) is 2.69. The number of benzene rings is 1. The number of rotatable bonds is 5. The molecule has 0 radical (unpaired) electrons. The topological polar surface area (TPSA) is 58.6 Å². The smallest absolute Gasteiger partial charge is 0.223 e. The molecule has 0 spiro atoms. The number of carbonyl (C=O) groups excluding carboxylic acids is 1. The molecule has 22 heavy (non-hydrogen) atoms. The van der Waals surface area contributed by atoms with Crippen molar-refractivity contribution in [3.63, 3.8) is 0 Å². The second-order valence-corrected chi connectivity index (χ2v) is 6.80. The Balaban J connectivity index is 2.22. The Bertz CT molecular complexity index is 525. The first-order chi connectivity index (χ1) is 10.4.